The van der Waals surface area contributed by atoms with Crippen LogP contribution < -0.4 is 0 Å². The molecule has 2 aliphatic heterocycles. The van der Waals surface area contributed by atoms with E-state index in [0.29, 0.717) is 18.1 Å². The Hall–Kier alpha value is -1.62. The van der Waals surface area contributed by atoms with Crippen LogP contribution in [0.4, 0.5) is 0 Å². The Morgan fingerprint density at radius 1 is 1.25 bits per heavy atom. The van der Waals surface area contributed by atoms with Crippen LogP contribution in [0.3, 0.4) is 0 Å². The van der Waals surface area contributed by atoms with Gasteiger partial charge in [0.2, 0.25) is 0 Å². The number of fused-ring (bicyclic) bond motifs is 2. The Kier molecular flexibility index (Phi) is 2.88. The molecule has 2 bridgehead atoms. The van der Waals surface area contributed by atoms with Crippen molar-refractivity contribution in [2.24, 2.45) is 0 Å². The zero-order valence-electron chi connectivity index (χ0n) is 11.8. The van der Waals surface area contributed by atoms with Crippen LogP contribution in [-0.2, 0) is 6.54 Å². The molecule has 0 saturated carbocycles. The molecule has 106 valence electrons. The number of aryl methyl sites for hydroxylation is 1. The van der Waals surface area contributed by atoms with Crippen LogP contribution in [0.5, 0.6) is 0 Å². The largest absolute Gasteiger partial charge is 0.449 e. The normalized spacial score (nSPS) is 29.9. The van der Waals surface area contributed by atoms with Crippen LogP contribution in [0, 0.1) is 6.92 Å². The van der Waals surface area contributed by atoms with E-state index < -0.39 is 0 Å². The summed E-state index contributed by atoms with van der Waals surface area (Å²) in [6, 6.07) is 3.92. The van der Waals surface area contributed by atoms with Crippen LogP contribution in [-0.4, -0.2) is 31.7 Å². The van der Waals surface area contributed by atoms with E-state index in [4.69, 9.17) is 4.42 Å². The zero-order chi connectivity index (χ0) is 13.5. The van der Waals surface area contributed by atoms with Crippen LogP contribution in [0.25, 0.3) is 0 Å². The molecule has 0 spiro atoms. The van der Waals surface area contributed by atoms with Gasteiger partial charge in [-0.1, -0.05) is 0 Å². The van der Waals surface area contributed by atoms with Gasteiger partial charge in [0.05, 0.1) is 11.7 Å². The van der Waals surface area contributed by atoms with Gasteiger partial charge in [-0.05, 0) is 31.7 Å². The second-order valence-electron chi connectivity index (χ2n) is 6.03. The van der Waals surface area contributed by atoms with Gasteiger partial charge >= 0.3 is 0 Å². The maximum Gasteiger partial charge on any atom is 0.191 e. The molecule has 20 heavy (non-hydrogen) atoms. The molecular formula is C15H20N4O. The SMILES string of the molecule is Cc1nc(CN2C3CCC2CC(n2cccn2)C3)co1. The fourth-order valence-corrected chi connectivity index (χ4v) is 3.88. The quantitative estimate of drug-likeness (QED) is 0.861. The van der Waals surface area contributed by atoms with E-state index in [1.165, 1.54) is 25.7 Å². The molecule has 2 saturated heterocycles. The molecule has 5 heteroatoms. The lowest BCUT2D eigenvalue weighted by molar-refractivity contribution is 0.0938. The van der Waals surface area contributed by atoms with Crippen molar-refractivity contribution in [2.75, 3.05) is 0 Å². The van der Waals surface area contributed by atoms with E-state index in [9.17, 15) is 0 Å². The molecule has 2 unspecified atom stereocenters. The van der Waals surface area contributed by atoms with Crippen molar-refractivity contribution in [3.05, 3.63) is 36.3 Å². The van der Waals surface area contributed by atoms with Crippen molar-refractivity contribution >= 4 is 0 Å². The van der Waals surface area contributed by atoms with E-state index in [2.05, 4.69) is 25.9 Å². The summed E-state index contributed by atoms with van der Waals surface area (Å²) in [5.41, 5.74) is 1.07. The average molecular weight is 272 g/mol. The summed E-state index contributed by atoms with van der Waals surface area (Å²) in [5, 5.41) is 4.42. The summed E-state index contributed by atoms with van der Waals surface area (Å²) >= 11 is 0. The Labute approximate surface area is 118 Å². The predicted octanol–water partition coefficient (Wildman–Crippen LogP) is 2.55. The van der Waals surface area contributed by atoms with Gasteiger partial charge in [-0.2, -0.15) is 5.10 Å². The van der Waals surface area contributed by atoms with Crippen LogP contribution in [0.15, 0.2) is 29.1 Å². The standard InChI is InChI=1S/C15H20N4O/c1-11-17-12(10-20-11)9-18-13-3-4-14(18)8-15(7-13)19-6-2-5-16-19/h2,5-6,10,13-15H,3-4,7-9H2,1H3. The monoisotopic (exact) mass is 272 g/mol. The van der Waals surface area contributed by atoms with Gasteiger partial charge in [0, 0.05) is 37.9 Å². The molecule has 4 heterocycles. The second kappa shape index (κ2) is 4.74. The smallest absolute Gasteiger partial charge is 0.191 e. The van der Waals surface area contributed by atoms with Crippen molar-refractivity contribution in [3.63, 3.8) is 0 Å². The van der Waals surface area contributed by atoms with Gasteiger partial charge in [0.1, 0.15) is 6.26 Å². The van der Waals surface area contributed by atoms with Crippen molar-refractivity contribution in [1.29, 1.82) is 0 Å². The van der Waals surface area contributed by atoms with Crippen molar-refractivity contribution in [2.45, 2.75) is 57.3 Å². The molecule has 2 fully saturated rings. The summed E-state index contributed by atoms with van der Waals surface area (Å²) in [6.45, 7) is 2.83. The van der Waals surface area contributed by atoms with Gasteiger partial charge in [-0.25, -0.2) is 4.98 Å². The van der Waals surface area contributed by atoms with Gasteiger partial charge in [-0.15, -0.1) is 0 Å². The van der Waals surface area contributed by atoms with Crippen LogP contribution >= 0.6 is 0 Å². The lowest BCUT2D eigenvalue weighted by Gasteiger charge is -2.38. The molecule has 4 rings (SSSR count). The summed E-state index contributed by atoms with van der Waals surface area (Å²) in [5.74, 6) is 0.763. The number of hydrogen-bond acceptors (Lipinski definition) is 4. The Balaban J connectivity index is 1.49. The fourth-order valence-electron chi connectivity index (χ4n) is 3.88. The van der Waals surface area contributed by atoms with Gasteiger partial charge in [0.25, 0.3) is 0 Å². The third kappa shape index (κ3) is 2.06. The van der Waals surface area contributed by atoms with Crippen molar-refractivity contribution < 1.29 is 4.42 Å². The first kappa shape index (κ1) is 12.1. The summed E-state index contributed by atoms with van der Waals surface area (Å²) in [6.07, 6.45) is 10.8. The molecule has 0 aliphatic carbocycles. The summed E-state index contributed by atoms with van der Waals surface area (Å²) < 4.78 is 7.47. The van der Waals surface area contributed by atoms with E-state index >= 15 is 0 Å². The van der Waals surface area contributed by atoms with E-state index in [1.807, 2.05) is 19.2 Å². The molecule has 0 aromatic carbocycles. The first-order chi connectivity index (χ1) is 9.79. The molecule has 2 aliphatic rings. The fraction of sp³-hybridized carbons (Fsp3) is 0.600. The van der Waals surface area contributed by atoms with E-state index in [-0.39, 0.29) is 0 Å². The van der Waals surface area contributed by atoms with Crippen molar-refractivity contribution in [3.8, 4) is 0 Å². The topological polar surface area (TPSA) is 47.1 Å². The van der Waals surface area contributed by atoms with Gasteiger partial charge < -0.3 is 4.42 Å². The minimum absolute atomic E-state index is 0.567. The highest BCUT2D eigenvalue weighted by molar-refractivity contribution is 5.02. The number of nitrogens with zero attached hydrogens (tertiary/aromatic N) is 4. The molecule has 0 amide bonds. The number of aromatic nitrogens is 3. The van der Waals surface area contributed by atoms with E-state index in [0.717, 1.165) is 18.1 Å². The minimum atomic E-state index is 0.567. The highest BCUT2D eigenvalue weighted by Crippen LogP contribution is 2.41. The maximum absolute atomic E-state index is 5.33. The molecule has 0 radical (unpaired) electrons. The predicted molar refractivity (Wildman–Crippen MR) is 74.1 cm³/mol. The highest BCUT2D eigenvalue weighted by atomic mass is 16.3. The third-order valence-electron chi connectivity index (χ3n) is 4.77. The summed E-state index contributed by atoms with van der Waals surface area (Å²) in [7, 11) is 0. The Bertz CT molecular complexity index is 562. The minimum Gasteiger partial charge on any atom is -0.449 e. The first-order valence-corrected chi connectivity index (χ1v) is 7.45. The molecular weight excluding hydrogens is 252 g/mol. The number of rotatable bonds is 3. The molecule has 2 aromatic rings. The molecule has 5 nitrogen and oxygen atoms in total. The number of oxazole rings is 1. The number of piperidine rings is 1. The van der Waals surface area contributed by atoms with Crippen LogP contribution in [0.2, 0.25) is 0 Å². The second-order valence-corrected chi connectivity index (χ2v) is 6.03. The van der Waals surface area contributed by atoms with Crippen LogP contribution in [0.1, 0.15) is 43.3 Å². The molecule has 2 atom stereocenters. The summed E-state index contributed by atoms with van der Waals surface area (Å²) in [4.78, 5) is 7.07. The van der Waals surface area contributed by atoms with E-state index in [1.54, 1.807) is 6.26 Å². The van der Waals surface area contributed by atoms with Crippen molar-refractivity contribution in [1.82, 2.24) is 19.7 Å². The first-order valence-electron chi connectivity index (χ1n) is 7.45. The Morgan fingerprint density at radius 2 is 2.05 bits per heavy atom. The average Bonchev–Trinajstić information content (AvgIpc) is 3.13. The Morgan fingerprint density at radius 3 is 2.65 bits per heavy atom. The molecule has 0 N–H and O–H groups in total. The third-order valence-corrected chi connectivity index (χ3v) is 4.77. The maximum atomic E-state index is 5.33. The highest BCUT2D eigenvalue weighted by Gasteiger charge is 2.41. The molecule has 2 aromatic heterocycles. The number of hydrogen-bond donors (Lipinski definition) is 0. The van der Waals surface area contributed by atoms with Gasteiger partial charge in [0.15, 0.2) is 5.89 Å². The zero-order valence-corrected chi connectivity index (χ0v) is 11.8. The lowest BCUT2D eigenvalue weighted by atomic mass is 9.97. The van der Waals surface area contributed by atoms with Gasteiger partial charge in [-0.3, -0.25) is 9.58 Å². The lowest BCUT2D eigenvalue weighted by Crippen LogP contribution is -2.43.